The summed E-state index contributed by atoms with van der Waals surface area (Å²) in [5.74, 6) is 2.22. The minimum Gasteiger partial charge on any atom is -0.496 e. The van der Waals surface area contributed by atoms with E-state index in [9.17, 15) is 0 Å². The lowest BCUT2D eigenvalue weighted by Crippen LogP contribution is -2.02. The van der Waals surface area contributed by atoms with Crippen LogP contribution < -0.4 is 10.5 Å². The Kier molecular flexibility index (Phi) is 3.43. The van der Waals surface area contributed by atoms with Gasteiger partial charge in [0, 0.05) is 12.6 Å². The summed E-state index contributed by atoms with van der Waals surface area (Å²) >= 11 is 6.06. The number of hydrogen-bond donors (Lipinski definition) is 1. The Labute approximate surface area is 111 Å². The van der Waals surface area contributed by atoms with Crippen molar-refractivity contribution in [3.05, 3.63) is 23.0 Å². The molecule has 0 saturated heterocycles. The smallest absolute Gasteiger partial charge is 0.167 e. The molecule has 1 aromatic carbocycles. The van der Waals surface area contributed by atoms with Crippen LogP contribution in [-0.4, -0.2) is 21.9 Å². The van der Waals surface area contributed by atoms with Crippen LogP contribution in [0.15, 0.2) is 12.1 Å². The van der Waals surface area contributed by atoms with E-state index < -0.39 is 0 Å². The first-order valence-corrected chi connectivity index (χ1v) is 5.99. The van der Waals surface area contributed by atoms with Crippen molar-refractivity contribution in [1.82, 2.24) is 14.8 Å². The Morgan fingerprint density at radius 3 is 2.72 bits per heavy atom. The number of hydrogen-bond acceptors (Lipinski definition) is 4. The van der Waals surface area contributed by atoms with Crippen LogP contribution in [0.3, 0.4) is 0 Å². The third-order valence-corrected chi connectivity index (χ3v) is 3.14. The number of ether oxygens (including phenoxy) is 1. The third kappa shape index (κ3) is 2.01. The van der Waals surface area contributed by atoms with Gasteiger partial charge in [0.1, 0.15) is 11.6 Å². The molecule has 2 aromatic rings. The maximum atomic E-state index is 6.06. The predicted molar refractivity (Wildman–Crippen MR) is 71.8 cm³/mol. The van der Waals surface area contributed by atoms with E-state index in [4.69, 9.17) is 22.1 Å². The predicted octanol–water partition coefficient (Wildman–Crippen LogP) is 2.52. The molecule has 0 aliphatic heterocycles. The molecule has 6 heteroatoms. The molecule has 0 bridgehead atoms. The fourth-order valence-corrected chi connectivity index (χ4v) is 2.04. The Balaban J connectivity index is 2.66. The summed E-state index contributed by atoms with van der Waals surface area (Å²) in [7, 11) is 1.59. The maximum absolute atomic E-state index is 6.06. The van der Waals surface area contributed by atoms with Crippen LogP contribution in [0.1, 0.15) is 12.7 Å². The molecule has 0 unspecified atom stereocenters. The number of rotatable bonds is 3. The lowest BCUT2D eigenvalue weighted by molar-refractivity contribution is 0.416. The molecule has 1 heterocycles. The number of aryl methyl sites for hydroxylation is 1. The molecule has 0 radical (unpaired) electrons. The molecule has 5 nitrogen and oxygen atoms in total. The van der Waals surface area contributed by atoms with Gasteiger partial charge < -0.3 is 15.0 Å². The summed E-state index contributed by atoms with van der Waals surface area (Å²) in [5.41, 5.74) is 7.04. The van der Waals surface area contributed by atoms with Crippen molar-refractivity contribution in [3.63, 3.8) is 0 Å². The summed E-state index contributed by atoms with van der Waals surface area (Å²) in [6.45, 7) is 4.72. The normalized spacial score (nSPS) is 10.7. The van der Waals surface area contributed by atoms with Gasteiger partial charge in [0.05, 0.1) is 23.4 Å². The van der Waals surface area contributed by atoms with Crippen LogP contribution in [0.2, 0.25) is 5.02 Å². The number of anilines is 1. The number of nitrogens with zero attached hydrogens (tertiary/aromatic N) is 3. The molecule has 0 atom stereocenters. The van der Waals surface area contributed by atoms with Crippen LogP contribution in [-0.2, 0) is 6.54 Å². The van der Waals surface area contributed by atoms with Gasteiger partial charge in [-0.2, -0.15) is 0 Å². The molecule has 1 aromatic heterocycles. The van der Waals surface area contributed by atoms with E-state index in [0.29, 0.717) is 16.5 Å². The Bertz CT molecular complexity index is 580. The number of nitrogen functional groups attached to an aromatic ring is 1. The molecule has 0 aliphatic carbocycles. The van der Waals surface area contributed by atoms with Gasteiger partial charge in [-0.25, -0.2) is 0 Å². The van der Waals surface area contributed by atoms with E-state index in [-0.39, 0.29) is 0 Å². The second-order valence-corrected chi connectivity index (χ2v) is 4.30. The molecule has 0 fully saturated rings. The van der Waals surface area contributed by atoms with E-state index in [0.717, 1.165) is 23.8 Å². The third-order valence-electron chi connectivity index (χ3n) is 2.81. The Hall–Kier alpha value is -1.75. The first-order valence-electron chi connectivity index (χ1n) is 5.61. The molecule has 18 heavy (non-hydrogen) atoms. The molecule has 0 saturated carbocycles. The van der Waals surface area contributed by atoms with Crippen LogP contribution >= 0.6 is 11.6 Å². The molecule has 2 rings (SSSR count). The van der Waals surface area contributed by atoms with Crippen molar-refractivity contribution < 1.29 is 4.74 Å². The molecular weight excluding hydrogens is 252 g/mol. The summed E-state index contributed by atoms with van der Waals surface area (Å²) < 4.78 is 7.32. The number of nitrogens with two attached hydrogens (primary N) is 1. The van der Waals surface area contributed by atoms with Crippen LogP contribution in [0.25, 0.3) is 11.4 Å². The second kappa shape index (κ2) is 4.86. The van der Waals surface area contributed by atoms with Crippen molar-refractivity contribution in [2.45, 2.75) is 20.4 Å². The number of halogens is 1. The zero-order valence-corrected chi connectivity index (χ0v) is 11.3. The zero-order chi connectivity index (χ0) is 13.3. The molecule has 0 spiro atoms. The van der Waals surface area contributed by atoms with E-state index in [2.05, 4.69) is 10.2 Å². The van der Waals surface area contributed by atoms with Gasteiger partial charge in [0.2, 0.25) is 0 Å². The van der Waals surface area contributed by atoms with Crippen LogP contribution in [0.5, 0.6) is 5.75 Å². The van der Waals surface area contributed by atoms with Crippen molar-refractivity contribution in [3.8, 4) is 17.1 Å². The number of methoxy groups -OCH3 is 1. The van der Waals surface area contributed by atoms with Crippen molar-refractivity contribution in [2.24, 2.45) is 0 Å². The van der Waals surface area contributed by atoms with Crippen molar-refractivity contribution in [1.29, 1.82) is 0 Å². The molecule has 96 valence electrons. The van der Waals surface area contributed by atoms with E-state index in [1.165, 1.54) is 0 Å². The summed E-state index contributed by atoms with van der Waals surface area (Å²) in [6.07, 6.45) is 0. The van der Waals surface area contributed by atoms with E-state index >= 15 is 0 Å². The highest BCUT2D eigenvalue weighted by molar-refractivity contribution is 6.33. The standard InChI is InChI=1S/C12H15ClN4O/c1-4-17-7(2)15-16-12(17)8-5-9(13)10(14)6-11(8)18-3/h5-6H,4,14H2,1-3H3. The number of benzene rings is 1. The zero-order valence-electron chi connectivity index (χ0n) is 10.6. The Morgan fingerprint density at radius 1 is 1.39 bits per heavy atom. The average molecular weight is 267 g/mol. The highest BCUT2D eigenvalue weighted by atomic mass is 35.5. The summed E-state index contributed by atoms with van der Waals surface area (Å²) in [4.78, 5) is 0. The molecule has 0 aliphatic rings. The highest BCUT2D eigenvalue weighted by Gasteiger charge is 2.16. The monoisotopic (exact) mass is 266 g/mol. The SMILES string of the molecule is CCn1c(C)nnc1-c1cc(Cl)c(N)cc1OC. The minimum atomic E-state index is 0.481. The topological polar surface area (TPSA) is 66.0 Å². The van der Waals surface area contributed by atoms with Crippen molar-refractivity contribution >= 4 is 17.3 Å². The number of aromatic nitrogens is 3. The largest absolute Gasteiger partial charge is 0.496 e. The van der Waals surface area contributed by atoms with Gasteiger partial charge in [-0.05, 0) is 19.9 Å². The second-order valence-electron chi connectivity index (χ2n) is 3.89. The molecule has 0 amide bonds. The first-order chi connectivity index (χ1) is 8.58. The van der Waals surface area contributed by atoms with Gasteiger partial charge in [-0.15, -0.1) is 10.2 Å². The first kappa shape index (κ1) is 12.7. The van der Waals surface area contributed by atoms with Gasteiger partial charge in [-0.1, -0.05) is 11.6 Å². The van der Waals surface area contributed by atoms with Gasteiger partial charge in [0.25, 0.3) is 0 Å². The quantitative estimate of drug-likeness (QED) is 0.867. The summed E-state index contributed by atoms with van der Waals surface area (Å²) in [6, 6.07) is 3.45. The highest BCUT2D eigenvalue weighted by Crippen LogP contribution is 2.35. The van der Waals surface area contributed by atoms with Crippen LogP contribution in [0, 0.1) is 6.92 Å². The van der Waals surface area contributed by atoms with Gasteiger partial charge in [-0.3, -0.25) is 0 Å². The maximum Gasteiger partial charge on any atom is 0.167 e. The van der Waals surface area contributed by atoms with Crippen LogP contribution in [0.4, 0.5) is 5.69 Å². The Morgan fingerprint density at radius 2 is 2.11 bits per heavy atom. The summed E-state index contributed by atoms with van der Waals surface area (Å²) in [5, 5.41) is 8.72. The fourth-order valence-electron chi connectivity index (χ4n) is 1.87. The fraction of sp³-hybridized carbons (Fsp3) is 0.333. The minimum absolute atomic E-state index is 0.481. The van der Waals surface area contributed by atoms with Gasteiger partial charge in [0.15, 0.2) is 5.82 Å². The average Bonchev–Trinajstić information content (AvgIpc) is 2.73. The lowest BCUT2D eigenvalue weighted by Gasteiger charge is -2.11. The lowest BCUT2D eigenvalue weighted by atomic mass is 10.1. The molecular formula is C12H15ClN4O. The van der Waals surface area contributed by atoms with Gasteiger partial charge >= 0.3 is 0 Å². The van der Waals surface area contributed by atoms with E-state index in [1.807, 2.05) is 18.4 Å². The van der Waals surface area contributed by atoms with E-state index in [1.54, 1.807) is 19.2 Å². The molecule has 2 N–H and O–H groups in total. The van der Waals surface area contributed by atoms with Crippen molar-refractivity contribution in [2.75, 3.05) is 12.8 Å².